The number of nitrogens with one attached hydrogen (secondary N) is 1. The molecule has 0 unspecified atom stereocenters. The number of aliphatic hydroxyl groups excluding tert-OH is 1. The van der Waals surface area contributed by atoms with Crippen LogP contribution < -0.4 is 5.32 Å². The summed E-state index contributed by atoms with van der Waals surface area (Å²) in [6, 6.07) is 12.2. The highest BCUT2D eigenvalue weighted by molar-refractivity contribution is 6.04. The minimum absolute atomic E-state index is 0.132. The van der Waals surface area contributed by atoms with Crippen molar-refractivity contribution in [3.63, 3.8) is 0 Å². The van der Waals surface area contributed by atoms with Crippen LogP contribution in [0, 0.1) is 10.1 Å². The van der Waals surface area contributed by atoms with E-state index >= 15 is 0 Å². The van der Waals surface area contributed by atoms with Gasteiger partial charge in [-0.05, 0) is 30.7 Å². The Morgan fingerprint density at radius 1 is 1.24 bits per heavy atom. The van der Waals surface area contributed by atoms with E-state index in [9.17, 15) is 20.0 Å². The summed E-state index contributed by atoms with van der Waals surface area (Å²) < 4.78 is 0. The molecule has 2 aromatic carbocycles. The van der Waals surface area contributed by atoms with E-state index in [0.29, 0.717) is 5.69 Å². The molecule has 0 aliphatic heterocycles. The molecule has 6 heteroatoms. The molecule has 0 saturated carbocycles. The third-order valence-corrected chi connectivity index (χ3v) is 2.97. The molecule has 2 aromatic rings. The van der Waals surface area contributed by atoms with E-state index in [1.807, 2.05) is 0 Å². The fourth-order valence-electron chi connectivity index (χ4n) is 1.81. The number of hydrogen-bond acceptors (Lipinski definition) is 4. The Hall–Kier alpha value is -2.73. The Kier molecular flexibility index (Phi) is 4.30. The molecule has 108 valence electrons. The molecule has 0 aliphatic rings. The fraction of sp³-hybridized carbons (Fsp3) is 0.133. The molecule has 0 aliphatic carbocycles. The summed E-state index contributed by atoms with van der Waals surface area (Å²) >= 11 is 0. The highest BCUT2D eigenvalue weighted by atomic mass is 16.6. The number of carbonyl (C=O) groups is 1. The van der Waals surface area contributed by atoms with Crippen LogP contribution in [-0.4, -0.2) is 15.9 Å². The van der Waals surface area contributed by atoms with Crippen LogP contribution in [-0.2, 0) is 0 Å². The third kappa shape index (κ3) is 3.64. The molecule has 0 radical (unpaired) electrons. The van der Waals surface area contributed by atoms with Gasteiger partial charge >= 0.3 is 0 Å². The first kappa shape index (κ1) is 14.7. The van der Waals surface area contributed by atoms with Crippen molar-refractivity contribution in [1.82, 2.24) is 0 Å². The average molecular weight is 286 g/mol. The fourth-order valence-corrected chi connectivity index (χ4v) is 1.81. The van der Waals surface area contributed by atoms with E-state index in [-0.39, 0.29) is 11.3 Å². The van der Waals surface area contributed by atoms with Crippen LogP contribution >= 0.6 is 0 Å². The second-order valence-electron chi connectivity index (χ2n) is 4.56. The van der Waals surface area contributed by atoms with Gasteiger partial charge in [-0.2, -0.15) is 0 Å². The molecule has 2 N–H and O–H groups in total. The smallest absolute Gasteiger partial charge is 0.270 e. The van der Waals surface area contributed by atoms with Gasteiger partial charge in [-0.25, -0.2) is 0 Å². The predicted molar refractivity (Wildman–Crippen MR) is 78.1 cm³/mol. The minimum atomic E-state index is -0.577. The maximum absolute atomic E-state index is 12.0. The first-order valence-electron chi connectivity index (χ1n) is 6.31. The summed E-state index contributed by atoms with van der Waals surface area (Å²) in [6.45, 7) is 1.65. The number of rotatable bonds is 4. The third-order valence-electron chi connectivity index (χ3n) is 2.97. The monoisotopic (exact) mass is 286 g/mol. The quantitative estimate of drug-likeness (QED) is 0.667. The summed E-state index contributed by atoms with van der Waals surface area (Å²) in [6.07, 6.45) is -0.577. The van der Waals surface area contributed by atoms with Crippen LogP contribution in [0.5, 0.6) is 0 Å². The highest BCUT2D eigenvalue weighted by Crippen LogP contribution is 2.18. The van der Waals surface area contributed by atoms with Gasteiger partial charge in [-0.1, -0.05) is 18.2 Å². The van der Waals surface area contributed by atoms with E-state index in [1.165, 1.54) is 24.3 Å². The Morgan fingerprint density at radius 2 is 1.90 bits per heavy atom. The average Bonchev–Trinajstić information content (AvgIpc) is 2.48. The molecular weight excluding hydrogens is 272 g/mol. The Balaban J connectivity index is 2.14. The first-order valence-corrected chi connectivity index (χ1v) is 6.31. The zero-order valence-electron chi connectivity index (χ0n) is 11.3. The Bertz CT molecular complexity index is 666. The molecule has 0 saturated heterocycles. The Morgan fingerprint density at radius 3 is 2.48 bits per heavy atom. The number of carbonyl (C=O) groups excluding carboxylic acids is 1. The van der Waals surface area contributed by atoms with Gasteiger partial charge in [-0.15, -0.1) is 0 Å². The molecule has 0 aromatic heterocycles. The van der Waals surface area contributed by atoms with Crippen LogP contribution in [0.4, 0.5) is 11.4 Å². The van der Waals surface area contributed by atoms with Crippen molar-refractivity contribution < 1.29 is 14.8 Å². The molecule has 0 heterocycles. The van der Waals surface area contributed by atoms with E-state index in [2.05, 4.69) is 5.32 Å². The van der Waals surface area contributed by atoms with Gasteiger partial charge in [-0.3, -0.25) is 14.9 Å². The number of nitro benzene ring substituents is 1. The Labute approximate surface area is 121 Å². The molecule has 0 fully saturated rings. The van der Waals surface area contributed by atoms with Crippen molar-refractivity contribution in [1.29, 1.82) is 0 Å². The molecule has 0 bridgehead atoms. The second kappa shape index (κ2) is 6.15. The van der Waals surface area contributed by atoms with Gasteiger partial charge in [0.25, 0.3) is 11.6 Å². The summed E-state index contributed by atoms with van der Waals surface area (Å²) in [5.41, 5.74) is 1.37. The van der Waals surface area contributed by atoms with Crippen LogP contribution in [0.3, 0.4) is 0 Å². The molecule has 0 spiro atoms. The first-order chi connectivity index (χ1) is 9.97. The summed E-state index contributed by atoms with van der Waals surface area (Å²) in [5, 5.41) is 22.7. The maximum atomic E-state index is 12.0. The molecule has 1 atom stereocenters. The van der Waals surface area contributed by atoms with E-state index < -0.39 is 16.9 Å². The van der Waals surface area contributed by atoms with Crippen molar-refractivity contribution in [2.75, 3.05) is 5.32 Å². The number of aliphatic hydroxyl groups is 1. The molecule has 21 heavy (non-hydrogen) atoms. The van der Waals surface area contributed by atoms with E-state index in [0.717, 1.165) is 5.56 Å². The van der Waals surface area contributed by atoms with Gasteiger partial charge in [0.15, 0.2) is 0 Å². The summed E-state index contributed by atoms with van der Waals surface area (Å²) in [5.74, 6) is -0.427. The van der Waals surface area contributed by atoms with Gasteiger partial charge in [0.1, 0.15) is 0 Å². The molecule has 6 nitrogen and oxygen atoms in total. The summed E-state index contributed by atoms with van der Waals surface area (Å²) in [4.78, 5) is 22.2. The number of anilines is 1. The lowest BCUT2D eigenvalue weighted by Crippen LogP contribution is -2.12. The molecular formula is C15H14N2O4. The lowest BCUT2D eigenvalue weighted by Gasteiger charge is -2.08. The number of amides is 1. The number of benzene rings is 2. The normalized spacial score (nSPS) is 11.7. The number of nitro groups is 1. The van der Waals surface area contributed by atoms with E-state index in [4.69, 9.17) is 0 Å². The molecule has 2 rings (SSSR count). The number of nitrogens with zero attached hydrogens (tertiary/aromatic N) is 1. The van der Waals surface area contributed by atoms with Crippen molar-refractivity contribution in [2.45, 2.75) is 13.0 Å². The second-order valence-corrected chi connectivity index (χ2v) is 4.56. The summed E-state index contributed by atoms with van der Waals surface area (Å²) in [7, 11) is 0. The van der Waals surface area contributed by atoms with Crippen LogP contribution in [0.25, 0.3) is 0 Å². The van der Waals surface area contributed by atoms with Gasteiger partial charge in [0.05, 0.1) is 11.0 Å². The lowest BCUT2D eigenvalue weighted by molar-refractivity contribution is -0.384. The SMILES string of the molecule is C[C@@H](O)c1ccc(NC(=O)c2cccc([N+](=O)[O-])c2)cc1. The van der Waals surface area contributed by atoms with Crippen molar-refractivity contribution >= 4 is 17.3 Å². The topological polar surface area (TPSA) is 92.5 Å². The number of non-ortho nitro benzene ring substituents is 1. The number of hydrogen-bond donors (Lipinski definition) is 2. The van der Waals surface area contributed by atoms with Crippen molar-refractivity contribution in [3.8, 4) is 0 Å². The maximum Gasteiger partial charge on any atom is 0.270 e. The van der Waals surface area contributed by atoms with Gasteiger partial charge in [0.2, 0.25) is 0 Å². The van der Waals surface area contributed by atoms with Crippen LogP contribution in [0.2, 0.25) is 0 Å². The minimum Gasteiger partial charge on any atom is -0.389 e. The van der Waals surface area contributed by atoms with E-state index in [1.54, 1.807) is 31.2 Å². The zero-order valence-corrected chi connectivity index (χ0v) is 11.3. The van der Waals surface area contributed by atoms with Crippen LogP contribution in [0.1, 0.15) is 28.9 Å². The zero-order chi connectivity index (χ0) is 15.4. The van der Waals surface area contributed by atoms with Crippen molar-refractivity contribution in [2.24, 2.45) is 0 Å². The standard InChI is InChI=1S/C15H14N2O4/c1-10(18)11-5-7-13(8-6-11)16-15(19)12-3-2-4-14(9-12)17(20)21/h2-10,18H,1H3,(H,16,19)/t10-/m1/s1. The lowest BCUT2D eigenvalue weighted by atomic mass is 10.1. The highest BCUT2D eigenvalue weighted by Gasteiger charge is 2.11. The van der Waals surface area contributed by atoms with Crippen LogP contribution in [0.15, 0.2) is 48.5 Å². The van der Waals surface area contributed by atoms with Gasteiger partial charge in [0, 0.05) is 23.4 Å². The molecule has 1 amide bonds. The van der Waals surface area contributed by atoms with Crippen molar-refractivity contribution in [3.05, 3.63) is 69.8 Å². The predicted octanol–water partition coefficient (Wildman–Crippen LogP) is 2.90. The largest absolute Gasteiger partial charge is 0.389 e. The van der Waals surface area contributed by atoms with Gasteiger partial charge < -0.3 is 10.4 Å².